The van der Waals surface area contributed by atoms with E-state index in [1.54, 1.807) is 5.38 Å². The van der Waals surface area contributed by atoms with Crippen molar-refractivity contribution < 1.29 is 4.79 Å². The van der Waals surface area contributed by atoms with Gasteiger partial charge in [-0.2, -0.15) is 0 Å². The lowest BCUT2D eigenvalue weighted by atomic mass is 10.4. The molecule has 0 unspecified atom stereocenters. The van der Waals surface area contributed by atoms with Crippen LogP contribution >= 0.6 is 34.3 Å². The van der Waals surface area contributed by atoms with E-state index in [9.17, 15) is 4.79 Å². The van der Waals surface area contributed by atoms with Crippen LogP contribution in [0.2, 0.25) is 4.34 Å². The minimum atomic E-state index is -0.124. The third-order valence-electron chi connectivity index (χ3n) is 2.41. The first kappa shape index (κ1) is 14.5. The Bertz CT molecular complexity index is 553. The number of halogens is 1. The lowest BCUT2D eigenvalue weighted by Gasteiger charge is -2.02. The van der Waals surface area contributed by atoms with Gasteiger partial charge >= 0.3 is 0 Å². The molecule has 4 nitrogen and oxygen atoms in total. The zero-order valence-corrected chi connectivity index (χ0v) is 12.8. The highest BCUT2D eigenvalue weighted by Gasteiger charge is 2.12. The van der Waals surface area contributed by atoms with Crippen molar-refractivity contribution in [3.63, 3.8) is 0 Å². The van der Waals surface area contributed by atoms with Gasteiger partial charge in [0.05, 0.1) is 9.21 Å². The van der Waals surface area contributed by atoms with Crippen molar-refractivity contribution in [2.24, 2.45) is 0 Å². The number of nitrogens with zero attached hydrogens (tertiary/aromatic N) is 1. The highest BCUT2D eigenvalue weighted by atomic mass is 35.5. The van der Waals surface area contributed by atoms with Gasteiger partial charge in [0.25, 0.3) is 5.91 Å². The van der Waals surface area contributed by atoms with E-state index < -0.39 is 0 Å². The van der Waals surface area contributed by atoms with Crippen molar-refractivity contribution in [3.8, 4) is 9.88 Å². The Morgan fingerprint density at radius 1 is 1.42 bits per heavy atom. The Morgan fingerprint density at radius 2 is 2.26 bits per heavy atom. The van der Waals surface area contributed by atoms with Crippen LogP contribution < -0.4 is 10.6 Å². The molecule has 0 aliphatic heterocycles. The molecule has 1 amide bonds. The van der Waals surface area contributed by atoms with E-state index in [0.29, 0.717) is 12.2 Å². The highest BCUT2D eigenvalue weighted by molar-refractivity contribution is 7.23. The SMILES string of the molecule is CNCCCNC(=O)c1csc(-c2ccc(Cl)s2)n1. The van der Waals surface area contributed by atoms with Gasteiger partial charge in [-0.25, -0.2) is 4.98 Å². The van der Waals surface area contributed by atoms with Gasteiger partial charge in [-0.3, -0.25) is 4.79 Å². The quantitative estimate of drug-likeness (QED) is 0.806. The molecule has 2 aromatic heterocycles. The maximum absolute atomic E-state index is 11.8. The Morgan fingerprint density at radius 3 is 2.95 bits per heavy atom. The number of hydrogen-bond donors (Lipinski definition) is 2. The second-order valence-electron chi connectivity index (χ2n) is 3.85. The molecule has 2 heterocycles. The topological polar surface area (TPSA) is 54.0 Å². The number of rotatable bonds is 6. The zero-order valence-electron chi connectivity index (χ0n) is 10.4. The number of hydrogen-bond acceptors (Lipinski definition) is 5. The Labute approximate surface area is 124 Å². The number of carbonyl (C=O) groups is 1. The fourth-order valence-electron chi connectivity index (χ4n) is 1.48. The van der Waals surface area contributed by atoms with E-state index in [4.69, 9.17) is 11.6 Å². The van der Waals surface area contributed by atoms with Crippen molar-refractivity contribution in [3.05, 3.63) is 27.5 Å². The van der Waals surface area contributed by atoms with E-state index in [1.807, 2.05) is 19.2 Å². The van der Waals surface area contributed by atoms with Gasteiger partial charge in [-0.15, -0.1) is 22.7 Å². The molecule has 0 fully saturated rings. The molecule has 0 aliphatic carbocycles. The number of nitrogens with one attached hydrogen (secondary N) is 2. The smallest absolute Gasteiger partial charge is 0.270 e. The van der Waals surface area contributed by atoms with Gasteiger partial charge in [0, 0.05) is 11.9 Å². The van der Waals surface area contributed by atoms with Gasteiger partial charge in [0.15, 0.2) is 0 Å². The summed E-state index contributed by atoms with van der Waals surface area (Å²) in [5.74, 6) is -0.124. The summed E-state index contributed by atoms with van der Waals surface area (Å²) in [5.41, 5.74) is 0.467. The first-order chi connectivity index (χ1) is 9.20. The molecule has 0 bridgehead atoms. The molecule has 102 valence electrons. The zero-order chi connectivity index (χ0) is 13.7. The summed E-state index contributed by atoms with van der Waals surface area (Å²) in [4.78, 5) is 17.2. The summed E-state index contributed by atoms with van der Waals surface area (Å²) in [6.07, 6.45) is 0.903. The standard InChI is InChI=1S/C12H14ClN3OS2/c1-14-5-2-6-15-11(17)8-7-18-12(16-8)9-3-4-10(13)19-9/h3-4,7,14H,2,5-6H2,1H3,(H,15,17). The number of thiazole rings is 1. The number of aromatic nitrogens is 1. The van der Waals surface area contributed by atoms with Crippen molar-refractivity contribution in [2.75, 3.05) is 20.1 Å². The fraction of sp³-hybridized carbons (Fsp3) is 0.333. The number of carbonyl (C=O) groups excluding carboxylic acids is 1. The molecule has 0 spiro atoms. The Balaban J connectivity index is 1.95. The molecule has 0 aliphatic rings. The Hall–Kier alpha value is -0.950. The van der Waals surface area contributed by atoms with Crippen LogP contribution in [0.25, 0.3) is 9.88 Å². The molecule has 0 saturated carbocycles. The summed E-state index contributed by atoms with van der Waals surface area (Å²) in [5, 5.41) is 8.48. The van der Waals surface area contributed by atoms with Crippen LogP contribution in [0.15, 0.2) is 17.5 Å². The van der Waals surface area contributed by atoms with E-state index in [0.717, 1.165) is 27.2 Å². The molecule has 0 saturated heterocycles. The molecule has 7 heteroatoms. The molecule has 2 aromatic rings. The summed E-state index contributed by atoms with van der Waals surface area (Å²) in [6, 6.07) is 3.75. The molecule has 0 atom stereocenters. The van der Waals surface area contributed by atoms with Crippen molar-refractivity contribution in [2.45, 2.75) is 6.42 Å². The third kappa shape index (κ3) is 4.01. The minimum Gasteiger partial charge on any atom is -0.351 e. The van der Waals surface area contributed by atoms with E-state index in [1.165, 1.54) is 22.7 Å². The van der Waals surface area contributed by atoms with Crippen LogP contribution in [0.5, 0.6) is 0 Å². The summed E-state index contributed by atoms with van der Waals surface area (Å²) in [7, 11) is 1.89. The normalized spacial score (nSPS) is 10.6. The third-order valence-corrected chi connectivity index (χ3v) is 4.65. The lowest BCUT2D eigenvalue weighted by molar-refractivity contribution is 0.0949. The summed E-state index contributed by atoms with van der Waals surface area (Å²) >= 11 is 8.81. The van der Waals surface area contributed by atoms with Gasteiger partial charge in [-0.1, -0.05) is 11.6 Å². The second-order valence-corrected chi connectivity index (χ2v) is 6.43. The maximum atomic E-state index is 11.8. The molecule has 19 heavy (non-hydrogen) atoms. The van der Waals surface area contributed by atoms with Crippen LogP contribution in [-0.4, -0.2) is 31.0 Å². The van der Waals surface area contributed by atoms with Crippen LogP contribution in [-0.2, 0) is 0 Å². The molecule has 0 aromatic carbocycles. The maximum Gasteiger partial charge on any atom is 0.270 e. The number of thiophene rings is 1. The first-order valence-corrected chi connectivity index (χ1v) is 7.92. The van der Waals surface area contributed by atoms with Gasteiger partial charge in [-0.05, 0) is 32.1 Å². The molecule has 2 rings (SSSR count). The van der Waals surface area contributed by atoms with Gasteiger partial charge in [0.1, 0.15) is 10.7 Å². The molecular weight excluding hydrogens is 302 g/mol. The average molecular weight is 316 g/mol. The van der Waals surface area contributed by atoms with Crippen LogP contribution in [0.4, 0.5) is 0 Å². The predicted octanol–water partition coefficient (Wildman–Crippen LogP) is 2.86. The number of amides is 1. The lowest BCUT2D eigenvalue weighted by Crippen LogP contribution is -2.26. The first-order valence-electron chi connectivity index (χ1n) is 5.84. The van der Waals surface area contributed by atoms with E-state index >= 15 is 0 Å². The van der Waals surface area contributed by atoms with E-state index in [-0.39, 0.29) is 5.91 Å². The fourth-order valence-corrected chi connectivity index (χ4v) is 3.39. The van der Waals surface area contributed by atoms with Crippen molar-refractivity contribution in [1.82, 2.24) is 15.6 Å². The highest BCUT2D eigenvalue weighted by Crippen LogP contribution is 2.32. The molecular formula is C12H14ClN3OS2. The van der Waals surface area contributed by atoms with E-state index in [2.05, 4.69) is 15.6 Å². The summed E-state index contributed by atoms with van der Waals surface area (Å²) in [6.45, 7) is 1.54. The molecule has 2 N–H and O–H groups in total. The van der Waals surface area contributed by atoms with Crippen molar-refractivity contribution in [1.29, 1.82) is 0 Å². The summed E-state index contributed by atoms with van der Waals surface area (Å²) < 4.78 is 0.725. The van der Waals surface area contributed by atoms with Gasteiger partial charge in [0.2, 0.25) is 0 Å². The van der Waals surface area contributed by atoms with Crippen LogP contribution in [0.1, 0.15) is 16.9 Å². The predicted molar refractivity (Wildman–Crippen MR) is 81.3 cm³/mol. The Kier molecular flexibility index (Phi) is 5.33. The van der Waals surface area contributed by atoms with Crippen LogP contribution in [0.3, 0.4) is 0 Å². The molecule has 0 radical (unpaired) electrons. The second kappa shape index (κ2) is 7.00. The van der Waals surface area contributed by atoms with Crippen LogP contribution in [0, 0.1) is 0 Å². The monoisotopic (exact) mass is 315 g/mol. The van der Waals surface area contributed by atoms with Crippen molar-refractivity contribution >= 4 is 40.2 Å². The average Bonchev–Trinajstić information content (AvgIpc) is 3.02. The van der Waals surface area contributed by atoms with Gasteiger partial charge < -0.3 is 10.6 Å². The minimum absolute atomic E-state index is 0.124. The largest absolute Gasteiger partial charge is 0.351 e.